The van der Waals surface area contributed by atoms with Gasteiger partial charge in [-0.05, 0) is 42.3 Å². The summed E-state index contributed by atoms with van der Waals surface area (Å²) in [5.41, 5.74) is 1.08. The lowest BCUT2D eigenvalue weighted by atomic mass is 9.88. The fraction of sp³-hybridized carbons (Fsp3) is 0.576. The third-order valence-corrected chi connectivity index (χ3v) is 8.84. The maximum absolute atomic E-state index is 13.0. The highest BCUT2D eigenvalue weighted by Gasteiger charge is 2.53. The van der Waals surface area contributed by atoms with Crippen LogP contribution < -0.4 is 4.74 Å². The molecular formula is C33H42O16. The molecule has 3 aliphatic heterocycles. The molecule has 49 heavy (non-hydrogen) atoms. The van der Waals surface area contributed by atoms with Crippen LogP contribution in [0.3, 0.4) is 0 Å². The molecule has 270 valence electrons. The van der Waals surface area contributed by atoms with Gasteiger partial charge in [0.25, 0.3) is 0 Å². The largest absolute Gasteiger partial charge is 0.497 e. The van der Waals surface area contributed by atoms with Gasteiger partial charge in [-0.1, -0.05) is 18.2 Å². The molecule has 14 atom stereocenters. The summed E-state index contributed by atoms with van der Waals surface area (Å²) in [7, 11) is 1.53. The van der Waals surface area contributed by atoms with Gasteiger partial charge in [-0.25, -0.2) is 4.79 Å². The summed E-state index contributed by atoms with van der Waals surface area (Å²) in [5, 5.41) is 61.6. The number of esters is 2. The van der Waals surface area contributed by atoms with E-state index in [9.17, 15) is 40.2 Å². The molecule has 16 nitrogen and oxygen atoms in total. The van der Waals surface area contributed by atoms with Gasteiger partial charge < -0.3 is 68.5 Å². The van der Waals surface area contributed by atoms with Crippen LogP contribution in [0.2, 0.25) is 0 Å². The lowest BCUT2D eigenvalue weighted by Gasteiger charge is -2.44. The first-order valence-corrected chi connectivity index (χ1v) is 15.7. The molecule has 0 amide bonds. The van der Waals surface area contributed by atoms with Crippen LogP contribution in [0.15, 0.2) is 54.3 Å². The molecule has 0 bridgehead atoms. The highest BCUT2D eigenvalue weighted by molar-refractivity contribution is 5.87. The number of aliphatic hydroxyl groups excluding tert-OH is 6. The molecule has 0 radical (unpaired) electrons. The minimum absolute atomic E-state index is 0.408. The fourth-order valence-corrected chi connectivity index (χ4v) is 6.24. The Morgan fingerprint density at radius 2 is 1.61 bits per heavy atom. The predicted octanol–water partition coefficient (Wildman–Crippen LogP) is -1.11. The Hall–Kier alpha value is -3.42. The number of carbonyl (C=O) groups is 2. The number of hydrogen-bond acceptors (Lipinski definition) is 16. The normalized spacial score (nSPS) is 38.8. The summed E-state index contributed by atoms with van der Waals surface area (Å²) >= 11 is 0. The topological polar surface area (TPSA) is 229 Å². The van der Waals surface area contributed by atoms with E-state index in [-0.39, 0.29) is 0 Å². The second kappa shape index (κ2) is 16.1. The van der Waals surface area contributed by atoms with Crippen LogP contribution in [-0.2, 0) is 42.7 Å². The highest BCUT2D eigenvalue weighted by Crippen LogP contribution is 2.43. The predicted molar refractivity (Wildman–Crippen MR) is 164 cm³/mol. The maximum atomic E-state index is 13.0. The molecule has 0 spiro atoms. The zero-order valence-corrected chi connectivity index (χ0v) is 27.0. The number of hydrogen-bond donors (Lipinski definition) is 6. The van der Waals surface area contributed by atoms with Crippen molar-refractivity contribution in [1.29, 1.82) is 0 Å². The van der Waals surface area contributed by atoms with Crippen LogP contribution in [0.1, 0.15) is 19.4 Å². The van der Waals surface area contributed by atoms with Crippen molar-refractivity contribution in [1.82, 2.24) is 0 Å². The Labute approximate surface area is 281 Å². The van der Waals surface area contributed by atoms with Crippen molar-refractivity contribution in [3.63, 3.8) is 0 Å². The first kappa shape index (κ1) is 36.9. The average Bonchev–Trinajstić information content (AvgIpc) is 3.46. The molecule has 1 aromatic carbocycles. The van der Waals surface area contributed by atoms with Gasteiger partial charge in [0.05, 0.1) is 44.7 Å². The number of rotatable bonds is 11. The van der Waals surface area contributed by atoms with Gasteiger partial charge in [0.1, 0.15) is 36.3 Å². The van der Waals surface area contributed by atoms with Crippen molar-refractivity contribution in [3.8, 4) is 5.75 Å². The zero-order chi connectivity index (χ0) is 35.4. The first-order valence-electron chi connectivity index (χ1n) is 15.7. The van der Waals surface area contributed by atoms with E-state index < -0.39 is 111 Å². The molecule has 1 aromatic rings. The third kappa shape index (κ3) is 8.15. The highest BCUT2D eigenvalue weighted by atomic mass is 16.8. The molecule has 2 saturated heterocycles. The summed E-state index contributed by atoms with van der Waals surface area (Å²) in [5.74, 6) is -2.26. The molecule has 0 saturated carbocycles. The maximum Gasteiger partial charge on any atom is 0.331 e. The van der Waals surface area contributed by atoms with Gasteiger partial charge in [-0.2, -0.15) is 0 Å². The van der Waals surface area contributed by atoms with Gasteiger partial charge in [-0.15, -0.1) is 0 Å². The second-order valence-electron chi connectivity index (χ2n) is 12.1. The number of aliphatic hydroxyl groups is 6. The van der Waals surface area contributed by atoms with Crippen LogP contribution in [0.5, 0.6) is 5.75 Å². The van der Waals surface area contributed by atoms with Gasteiger partial charge >= 0.3 is 11.9 Å². The van der Waals surface area contributed by atoms with Crippen LogP contribution in [0.25, 0.3) is 6.08 Å². The van der Waals surface area contributed by atoms with Crippen molar-refractivity contribution in [2.24, 2.45) is 11.8 Å². The zero-order valence-electron chi connectivity index (χ0n) is 27.0. The molecule has 6 N–H and O–H groups in total. The Morgan fingerprint density at radius 3 is 2.27 bits per heavy atom. The van der Waals surface area contributed by atoms with E-state index >= 15 is 0 Å². The quantitative estimate of drug-likeness (QED) is 0.0917. The Kier molecular flexibility index (Phi) is 12.1. The minimum atomic E-state index is -1.70. The second-order valence-corrected chi connectivity index (χ2v) is 12.1. The third-order valence-electron chi connectivity index (χ3n) is 8.84. The Morgan fingerprint density at radius 1 is 0.878 bits per heavy atom. The van der Waals surface area contributed by atoms with Crippen molar-refractivity contribution >= 4 is 18.0 Å². The number of benzene rings is 1. The molecule has 2 fully saturated rings. The first-order chi connectivity index (χ1) is 23.4. The number of ether oxygens (including phenoxy) is 8. The van der Waals surface area contributed by atoms with E-state index in [4.69, 9.17) is 37.9 Å². The van der Waals surface area contributed by atoms with E-state index in [2.05, 4.69) is 0 Å². The standard InChI is InChI=1S/C33H42O16/c1-15-25(38)29(45-16(2)36)30(48-23(37)9-6-17-4-7-19(42-3)8-5-17)33(44-15)46-21-12-18(13-34)24-20(21)10-11-43-31(24)49-32-28(41)27(40)26(39)22(14-35)47-32/h4-12,15,20-22,24-35,38-41H,13-14H2,1-3H3/t15-,20-,21-,22+,24-,25-,26+,27-,28+,29+,30+,31-,32+,33+/m0/s1. The molecular weight excluding hydrogens is 652 g/mol. The molecule has 16 heteroatoms. The lowest BCUT2D eigenvalue weighted by Crippen LogP contribution is -2.61. The van der Waals surface area contributed by atoms with Gasteiger partial charge in [0.2, 0.25) is 6.29 Å². The summed E-state index contributed by atoms with van der Waals surface area (Å²) in [6, 6.07) is 6.88. The van der Waals surface area contributed by atoms with E-state index in [0.717, 1.165) is 13.0 Å². The van der Waals surface area contributed by atoms with Crippen LogP contribution in [-0.4, -0.2) is 137 Å². The summed E-state index contributed by atoms with van der Waals surface area (Å²) in [6.07, 6.45) is -9.03. The van der Waals surface area contributed by atoms with Gasteiger partial charge in [0, 0.05) is 18.9 Å². The van der Waals surface area contributed by atoms with E-state index in [1.165, 1.54) is 26.4 Å². The molecule has 3 heterocycles. The van der Waals surface area contributed by atoms with Gasteiger partial charge in [-0.3, -0.25) is 4.79 Å². The Bertz CT molecular complexity index is 1380. The Balaban J connectivity index is 1.35. The van der Waals surface area contributed by atoms with E-state index in [0.29, 0.717) is 16.9 Å². The van der Waals surface area contributed by atoms with Crippen LogP contribution in [0, 0.1) is 11.8 Å². The van der Waals surface area contributed by atoms with E-state index in [1.54, 1.807) is 36.4 Å². The average molecular weight is 695 g/mol. The molecule has 4 aliphatic rings. The smallest absolute Gasteiger partial charge is 0.331 e. The monoisotopic (exact) mass is 694 g/mol. The van der Waals surface area contributed by atoms with Crippen LogP contribution in [0.4, 0.5) is 0 Å². The van der Waals surface area contributed by atoms with Crippen molar-refractivity contribution in [3.05, 3.63) is 59.9 Å². The number of methoxy groups -OCH3 is 1. The van der Waals surface area contributed by atoms with Crippen LogP contribution >= 0.6 is 0 Å². The molecule has 0 aromatic heterocycles. The number of fused-ring (bicyclic) bond motifs is 1. The van der Waals surface area contributed by atoms with Crippen molar-refractivity contribution in [2.45, 2.75) is 87.7 Å². The summed E-state index contributed by atoms with van der Waals surface area (Å²) < 4.78 is 45.5. The molecule has 5 rings (SSSR count). The lowest BCUT2D eigenvalue weighted by molar-refractivity contribution is -0.341. The number of carbonyl (C=O) groups excluding carboxylic acids is 2. The SMILES string of the molecule is COc1ccc(C=CC(=O)O[C@H]2[C@@H](O[C@H]3C=C(CO)[C@@H]4[C@H](O[C@H]5O[C@H](CO)[C@@H](O)[C@H](O)[C@H]5O)OC=C[C@H]43)O[C@@H](C)[C@H](O)[C@H]2OC(C)=O)cc1. The summed E-state index contributed by atoms with van der Waals surface area (Å²) in [4.78, 5) is 25.1. The molecule has 1 aliphatic carbocycles. The molecule has 0 unspecified atom stereocenters. The van der Waals surface area contributed by atoms with Gasteiger partial charge in [0.15, 0.2) is 24.8 Å². The summed E-state index contributed by atoms with van der Waals surface area (Å²) in [6.45, 7) is 1.56. The minimum Gasteiger partial charge on any atom is -0.497 e. The van der Waals surface area contributed by atoms with Crippen molar-refractivity contribution in [2.75, 3.05) is 20.3 Å². The van der Waals surface area contributed by atoms with E-state index in [1.807, 2.05) is 0 Å². The fourth-order valence-electron chi connectivity index (χ4n) is 6.24. The van der Waals surface area contributed by atoms with Crippen molar-refractivity contribution < 1.29 is 78.1 Å².